The Kier molecular flexibility index (Phi) is 8.69. The minimum Gasteiger partial charge on any atom is -0.351 e. The highest BCUT2D eigenvalue weighted by Crippen LogP contribution is 2.26. The molecule has 4 rings (SSSR count). The maximum atomic E-state index is 13.5. The number of aromatic nitrogens is 4. The average Bonchev–Trinajstić information content (AvgIpc) is 2.87. The fourth-order valence-corrected chi connectivity index (χ4v) is 5.95. The predicted molar refractivity (Wildman–Crippen MR) is 149 cm³/mol. The molecule has 3 aromatic heterocycles. The zero-order valence-electron chi connectivity index (χ0n) is 22.9. The van der Waals surface area contributed by atoms with E-state index in [2.05, 4.69) is 44.0 Å². The van der Waals surface area contributed by atoms with E-state index in [1.807, 2.05) is 13.8 Å². The third-order valence-corrected chi connectivity index (χ3v) is 8.31. The van der Waals surface area contributed by atoms with Crippen LogP contribution in [0.15, 0.2) is 35.4 Å². The molecular weight excluding hydrogens is 547 g/mol. The van der Waals surface area contributed by atoms with Crippen LogP contribution in [0, 0.1) is 0 Å². The molecule has 0 unspecified atom stereocenters. The second-order valence-corrected chi connectivity index (χ2v) is 12.5. The van der Waals surface area contributed by atoms with E-state index in [1.54, 1.807) is 16.8 Å². The van der Waals surface area contributed by atoms with Crippen LogP contribution in [0.4, 0.5) is 24.8 Å². The minimum absolute atomic E-state index is 0.00503. The molecule has 14 heteroatoms. The predicted octanol–water partition coefficient (Wildman–Crippen LogP) is 4.41. The summed E-state index contributed by atoms with van der Waals surface area (Å²) in [4.78, 5) is 29.2. The van der Waals surface area contributed by atoms with E-state index < -0.39 is 28.4 Å². The minimum atomic E-state index is -4.59. The topological polar surface area (TPSA) is 122 Å². The van der Waals surface area contributed by atoms with Crippen molar-refractivity contribution in [1.29, 1.82) is 0 Å². The molecule has 218 valence electrons. The van der Waals surface area contributed by atoms with Gasteiger partial charge in [-0.3, -0.25) is 19.1 Å². The summed E-state index contributed by atoms with van der Waals surface area (Å²) in [5.41, 5.74) is 0.690. The zero-order valence-corrected chi connectivity index (χ0v) is 23.7. The van der Waals surface area contributed by atoms with Crippen LogP contribution in [0.1, 0.15) is 52.0 Å². The molecule has 1 fully saturated rings. The summed E-state index contributed by atoms with van der Waals surface area (Å²) in [5.74, 6) is -0.640. The first-order valence-electron chi connectivity index (χ1n) is 13.1. The molecule has 3 heterocycles. The van der Waals surface area contributed by atoms with Gasteiger partial charge in [0.25, 0.3) is 5.56 Å². The lowest BCUT2D eigenvalue weighted by molar-refractivity contribution is -0.129. The van der Waals surface area contributed by atoms with Gasteiger partial charge in [0, 0.05) is 29.7 Å². The lowest BCUT2D eigenvalue weighted by Crippen LogP contribution is -2.36. The summed E-state index contributed by atoms with van der Waals surface area (Å²) in [6.07, 6.45) is 0.935. The molecule has 0 aliphatic heterocycles. The third-order valence-electron chi connectivity index (χ3n) is 7.02. The van der Waals surface area contributed by atoms with Gasteiger partial charge in [-0.15, -0.1) is 0 Å². The smallest absolute Gasteiger partial charge is 0.351 e. The van der Waals surface area contributed by atoms with Gasteiger partial charge in [0.2, 0.25) is 16.0 Å². The number of nitrogens with zero attached hydrogens (tertiary/aromatic N) is 5. The van der Waals surface area contributed by atoms with E-state index >= 15 is 0 Å². The average molecular weight is 582 g/mol. The van der Waals surface area contributed by atoms with E-state index in [4.69, 9.17) is 0 Å². The van der Waals surface area contributed by atoms with Crippen LogP contribution < -0.4 is 15.6 Å². The number of hydrogen-bond donors (Lipinski definition) is 2. The van der Waals surface area contributed by atoms with Gasteiger partial charge in [-0.05, 0) is 71.8 Å². The molecule has 1 aliphatic carbocycles. The summed E-state index contributed by atoms with van der Waals surface area (Å²) >= 11 is 0. The lowest BCUT2D eigenvalue weighted by Gasteiger charge is -2.33. The summed E-state index contributed by atoms with van der Waals surface area (Å²) in [7, 11) is -0.0311. The summed E-state index contributed by atoms with van der Waals surface area (Å²) < 4.78 is 64.9. The molecule has 0 spiro atoms. The quantitative estimate of drug-likeness (QED) is 0.381. The van der Waals surface area contributed by atoms with Crippen LogP contribution in [0.25, 0.3) is 22.3 Å². The third kappa shape index (κ3) is 7.27. The van der Waals surface area contributed by atoms with Gasteiger partial charge in [0.1, 0.15) is 5.65 Å². The maximum Gasteiger partial charge on any atom is 0.390 e. The number of anilines is 2. The summed E-state index contributed by atoms with van der Waals surface area (Å²) in [6, 6.07) is 5.02. The van der Waals surface area contributed by atoms with Crippen molar-refractivity contribution < 1.29 is 21.6 Å². The Morgan fingerprint density at radius 1 is 1.10 bits per heavy atom. The monoisotopic (exact) mass is 581 g/mol. The molecule has 0 radical (unpaired) electrons. The number of hydrogen-bond acceptors (Lipinski definition) is 8. The highest BCUT2D eigenvalue weighted by Gasteiger charge is 2.30. The first kappa shape index (κ1) is 29.7. The van der Waals surface area contributed by atoms with Crippen LogP contribution >= 0.6 is 0 Å². The van der Waals surface area contributed by atoms with Crippen LogP contribution in [0.2, 0.25) is 0 Å². The van der Waals surface area contributed by atoms with E-state index in [9.17, 15) is 26.4 Å². The second-order valence-electron chi connectivity index (χ2n) is 10.6. The molecule has 0 bridgehead atoms. The molecule has 0 amide bonds. The molecule has 10 nitrogen and oxygen atoms in total. The van der Waals surface area contributed by atoms with Gasteiger partial charge in [0.05, 0.1) is 35.3 Å². The van der Waals surface area contributed by atoms with Gasteiger partial charge in [-0.25, -0.2) is 13.4 Å². The molecule has 3 aromatic rings. The molecule has 40 heavy (non-hydrogen) atoms. The first-order valence-corrected chi connectivity index (χ1v) is 14.8. The van der Waals surface area contributed by atoms with Gasteiger partial charge in [-0.2, -0.15) is 18.2 Å². The van der Waals surface area contributed by atoms with Crippen molar-refractivity contribution in [1.82, 2.24) is 24.4 Å². The van der Waals surface area contributed by atoms with Crippen molar-refractivity contribution in [2.24, 2.45) is 0 Å². The number of halogens is 3. The van der Waals surface area contributed by atoms with Gasteiger partial charge < -0.3 is 10.2 Å². The molecule has 1 saturated carbocycles. The highest BCUT2D eigenvalue weighted by molar-refractivity contribution is 7.92. The fourth-order valence-electron chi connectivity index (χ4n) is 4.87. The normalized spacial score (nSPS) is 18.4. The summed E-state index contributed by atoms with van der Waals surface area (Å²) in [5, 5.41) is 4.05. The number of nitrogens with one attached hydrogen (secondary N) is 2. The molecule has 0 aromatic carbocycles. The fraction of sp³-hybridized carbons (Fsp3) is 0.538. The van der Waals surface area contributed by atoms with Crippen molar-refractivity contribution in [3.05, 3.63) is 40.9 Å². The number of pyridine rings is 2. The molecular formula is C26H34F3N7O3S. The molecule has 0 atom stereocenters. The largest absolute Gasteiger partial charge is 0.390 e. The SMILES string of the molecule is CC(C)n1c(=O)c(-c2ccc(NS(=O)(=O)CCC(F)(F)F)cn2)cc2cnc(NC3CCC(N(C)C)CC3)nc21. The highest BCUT2D eigenvalue weighted by atomic mass is 32.2. The van der Waals surface area contributed by atoms with E-state index in [-0.39, 0.29) is 34.6 Å². The molecule has 2 N–H and O–H groups in total. The number of fused-ring (bicyclic) bond motifs is 1. The van der Waals surface area contributed by atoms with Crippen molar-refractivity contribution in [2.75, 3.05) is 29.9 Å². The Hall–Kier alpha value is -3.26. The van der Waals surface area contributed by atoms with Crippen molar-refractivity contribution in [3.63, 3.8) is 0 Å². The second kappa shape index (κ2) is 11.7. The summed E-state index contributed by atoms with van der Waals surface area (Å²) in [6.45, 7) is 3.74. The number of alkyl halides is 3. The van der Waals surface area contributed by atoms with Gasteiger partial charge >= 0.3 is 6.18 Å². The Labute approximate surface area is 231 Å². The molecule has 1 aliphatic rings. The lowest BCUT2D eigenvalue weighted by atomic mass is 9.91. The first-order chi connectivity index (χ1) is 18.7. The van der Waals surface area contributed by atoms with E-state index in [1.165, 1.54) is 18.3 Å². The Bertz CT molecular complexity index is 1500. The van der Waals surface area contributed by atoms with E-state index in [0.717, 1.165) is 25.7 Å². The van der Waals surface area contributed by atoms with Crippen molar-refractivity contribution >= 4 is 32.7 Å². The molecule has 0 saturated heterocycles. The van der Waals surface area contributed by atoms with Crippen LogP contribution in [0.3, 0.4) is 0 Å². The Balaban J connectivity index is 1.57. The Morgan fingerprint density at radius 2 is 1.80 bits per heavy atom. The van der Waals surface area contributed by atoms with Crippen molar-refractivity contribution in [2.45, 2.75) is 70.3 Å². The number of rotatable bonds is 9. The standard InChI is InChI=1S/C26H34F3N7O3S/c1-16(2)36-23-17(14-31-25(33-23)32-18-5-8-20(9-6-18)35(3)4)13-21(24(36)37)22-10-7-19(15-30-22)34-40(38,39)12-11-26(27,28)29/h7,10,13-16,18,20,34H,5-6,8-9,11-12H2,1-4H3,(H,31,32,33). The number of sulfonamides is 1. The van der Waals surface area contributed by atoms with Gasteiger partial charge in [0.15, 0.2) is 0 Å². The maximum absolute atomic E-state index is 13.5. The zero-order chi connectivity index (χ0) is 29.2. The van der Waals surface area contributed by atoms with Crippen LogP contribution in [0.5, 0.6) is 0 Å². The Morgan fingerprint density at radius 3 is 2.38 bits per heavy atom. The van der Waals surface area contributed by atoms with Crippen LogP contribution in [-0.2, 0) is 10.0 Å². The van der Waals surface area contributed by atoms with Crippen LogP contribution in [-0.4, -0.2) is 70.9 Å². The van der Waals surface area contributed by atoms with Crippen molar-refractivity contribution in [3.8, 4) is 11.3 Å². The van der Waals surface area contributed by atoms with Gasteiger partial charge in [-0.1, -0.05) is 0 Å². The van der Waals surface area contributed by atoms with E-state index in [0.29, 0.717) is 23.0 Å².